The maximum absolute atomic E-state index is 14.8. The van der Waals surface area contributed by atoms with Crippen molar-refractivity contribution in [2.45, 2.75) is 33.7 Å². The lowest BCUT2D eigenvalue weighted by Gasteiger charge is -2.29. The zero-order valence-corrected chi connectivity index (χ0v) is 24.5. The minimum Gasteiger partial charge on any atom is -0.369 e. The van der Waals surface area contributed by atoms with Crippen LogP contribution in [0.25, 0.3) is 45.2 Å². The van der Waals surface area contributed by atoms with Crippen molar-refractivity contribution in [3.63, 3.8) is 0 Å². The first kappa shape index (κ1) is 30.1. The highest BCUT2D eigenvalue weighted by atomic mass is 35.5. The van der Waals surface area contributed by atoms with Crippen molar-refractivity contribution in [2.75, 3.05) is 12.0 Å². The summed E-state index contributed by atoms with van der Waals surface area (Å²) in [7, 11) is -3.67. The summed E-state index contributed by atoms with van der Waals surface area (Å²) in [5.41, 5.74) is 9.83. The summed E-state index contributed by atoms with van der Waals surface area (Å²) in [6.45, 7) is 8.44. The second-order valence-corrected chi connectivity index (χ2v) is 12.4. The molecular weight excluding hydrogens is 574 g/mol. The number of rotatable bonds is 4. The number of hydrogen-bond donors (Lipinski definition) is 3. The zero-order chi connectivity index (χ0) is 30.3. The summed E-state index contributed by atoms with van der Waals surface area (Å²) in [6.07, 6.45) is 0.715. The largest absolute Gasteiger partial charge is 0.369 e. The van der Waals surface area contributed by atoms with Gasteiger partial charge >= 0.3 is 0 Å². The third kappa shape index (κ3) is 6.72. The number of benzene rings is 2. The molecule has 41 heavy (non-hydrogen) atoms. The van der Waals surface area contributed by atoms with E-state index in [-0.39, 0.29) is 33.7 Å². The first-order chi connectivity index (χ1) is 19.0. The number of fused-ring (bicyclic) bond motifs is 1. The van der Waals surface area contributed by atoms with E-state index >= 15 is 0 Å². The minimum absolute atomic E-state index is 0.0105. The van der Waals surface area contributed by atoms with Crippen LogP contribution in [0.2, 0.25) is 5.02 Å². The van der Waals surface area contributed by atoms with E-state index in [0.717, 1.165) is 0 Å². The Morgan fingerprint density at radius 1 is 1.02 bits per heavy atom. The van der Waals surface area contributed by atoms with Gasteiger partial charge in [0, 0.05) is 11.6 Å². The average Bonchev–Trinajstić information content (AvgIpc) is 3.42. The summed E-state index contributed by atoms with van der Waals surface area (Å²) in [4.78, 5) is 17.3. The highest BCUT2D eigenvalue weighted by Gasteiger charge is 2.27. The number of nitrogens with two attached hydrogens (primary N) is 1. The van der Waals surface area contributed by atoms with Gasteiger partial charge in [0.1, 0.15) is 23.0 Å². The van der Waals surface area contributed by atoms with Gasteiger partial charge in [-0.25, -0.2) is 23.7 Å². The molecule has 0 aliphatic rings. The standard InChI is InChI=1S/C27H25ClF2N6.CH4O3S/c1-14(27(2,3)4)36-25-20(33-26(36)31)13-12-19(32-25)23-22(15-8-10-16(29)11-9-15)34-24(35-23)21-17(28)6-5-7-18(21)30;1-5(2,3)4/h5-14H,1-4H3,(H2,31,33)(H,34,35);1H3,(H,2,3,4)/t14-;/m1./s1. The maximum atomic E-state index is 14.8. The van der Waals surface area contributed by atoms with Gasteiger partial charge in [-0.1, -0.05) is 38.4 Å². The van der Waals surface area contributed by atoms with E-state index < -0.39 is 15.9 Å². The molecule has 13 heteroatoms. The summed E-state index contributed by atoms with van der Waals surface area (Å²) < 4.78 is 56.2. The molecule has 0 amide bonds. The Morgan fingerprint density at radius 2 is 1.66 bits per heavy atom. The fraction of sp³-hybridized carbons (Fsp3) is 0.250. The lowest BCUT2D eigenvalue weighted by atomic mass is 9.88. The fourth-order valence-electron chi connectivity index (χ4n) is 4.12. The number of halogens is 3. The Labute approximate surface area is 241 Å². The highest BCUT2D eigenvalue weighted by Crippen LogP contribution is 2.38. The smallest absolute Gasteiger partial charge is 0.261 e. The first-order valence-electron chi connectivity index (χ1n) is 12.4. The Balaban J connectivity index is 0.000000714. The molecule has 0 saturated carbocycles. The number of aromatic nitrogens is 5. The summed E-state index contributed by atoms with van der Waals surface area (Å²) in [5, 5.41) is 0.217. The van der Waals surface area contributed by atoms with E-state index in [4.69, 9.17) is 26.9 Å². The van der Waals surface area contributed by atoms with Crippen LogP contribution in [-0.2, 0) is 10.1 Å². The monoisotopic (exact) mass is 602 g/mol. The third-order valence-corrected chi connectivity index (χ3v) is 6.80. The number of hydrogen-bond acceptors (Lipinski definition) is 6. The van der Waals surface area contributed by atoms with E-state index in [9.17, 15) is 17.2 Å². The van der Waals surface area contributed by atoms with Crippen LogP contribution in [-0.4, -0.2) is 43.7 Å². The molecular formula is C28H29ClF2N6O3S. The van der Waals surface area contributed by atoms with Gasteiger partial charge in [-0.15, -0.1) is 0 Å². The highest BCUT2D eigenvalue weighted by molar-refractivity contribution is 7.85. The lowest BCUT2D eigenvalue weighted by Crippen LogP contribution is -2.23. The molecule has 0 saturated heterocycles. The van der Waals surface area contributed by atoms with Gasteiger partial charge in [0.15, 0.2) is 5.65 Å². The van der Waals surface area contributed by atoms with Crippen molar-refractivity contribution in [2.24, 2.45) is 5.41 Å². The fourth-order valence-corrected chi connectivity index (χ4v) is 4.37. The Bertz CT molecular complexity index is 1800. The topological polar surface area (TPSA) is 140 Å². The van der Waals surface area contributed by atoms with Crippen LogP contribution in [0.3, 0.4) is 0 Å². The number of aromatic amines is 1. The van der Waals surface area contributed by atoms with Crippen molar-refractivity contribution >= 4 is 38.8 Å². The van der Waals surface area contributed by atoms with Crippen LogP contribution in [0.5, 0.6) is 0 Å². The van der Waals surface area contributed by atoms with Crippen molar-refractivity contribution < 1.29 is 21.8 Å². The number of nitrogens with zero attached hydrogens (tertiary/aromatic N) is 4. The molecule has 0 radical (unpaired) electrons. The quantitative estimate of drug-likeness (QED) is 0.193. The molecule has 5 aromatic rings. The molecule has 0 bridgehead atoms. The van der Waals surface area contributed by atoms with Gasteiger partial charge in [-0.3, -0.25) is 9.12 Å². The molecule has 0 aliphatic carbocycles. The molecule has 4 N–H and O–H groups in total. The molecule has 9 nitrogen and oxygen atoms in total. The molecule has 0 aliphatic heterocycles. The van der Waals surface area contributed by atoms with Gasteiger partial charge in [0.05, 0.1) is 33.9 Å². The van der Waals surface area contributed by atoms with Crippen molar-refractivity contribution in [1.82, 2.24) is 24.5 Å². The van der Waals surface area contributed by atoms with Crippen LogP contribution in [0, 0.1) is 17.0 Å². The lowest BCUT2D eigenvalue weighted by molar-refractivity contribution is 0.269. The Kier molecular flexibility index (Phi) is 8.21. The number of H-pyrrole nitrogens is 1. The average molecular weight is 603 g/mol. The third-order valence-electron chi connectivity index (χ3n) is 6.48. The second-order valence-electron chi connectivity index (χ2n) is 10.6. The number of nitrogens with one attached hydrogen (secondary N) is 1. The molecule has 3 aromatic heterocycles. The van der Waals surface area contributed by atoms with Crippen LogP contribution < -0.4 is 5.73 Å². The second kappa shape index (κ2) is 11.2. The van der Waals surface area contributed by atoms with Crippen LogP contribution in [0.15, 0.2) is 54.6 Å². The summed E-state index contributed by atoms with van der Waals surface area (Å²) in [5.74, 6) is -0.269. The number of pyridine rings is 1. The molecule has 0 spiro atoms. The van der Waals surface area contributed by atoms with E-state index in [2.05, 4.69) is 42.6 Å². The Hall–Kier alpha value is -3.87. The van der Waals surface area contributed by atoms with Crippen LogP contribution >= 0.6 is 11.6 Å². The molecule has 3 heterocycles. The molecule has 0 fully saturated rings. The number of nitrogen functional groups attached to an aromatic ring is 1. The van der Waals surface area contributed by atoms with Crippen molar-refractivity contribution in [3.05, 3.63) is 71.3 Å². The van der Waals surface area contributed by atoms with Crippen LogP contribution in [0.4, 0.5) is 14.7 Å². The predicted octanol–water partition coefficient (Wildman–Crippen LogP) is 6.78. The van der Waals surface area contributed by atoms with Crippen LogP contribution in [0.1, 0.15) is 33.7 Å². The predicted molar refractivity (Wildman–Crippen MR) is 157 cm³/mol. The zero-order valence-electron chi connectivity index (χ0n) is 22.9. The van der Waals surface area contributed by atoms with Gasteiger partial charge in [-0.2, -0.15) is 8.42 Å². The SMILES string of the molecule is CS(=O)(=O)O.C[C@@H](n1c(N)nc2ccc(-c3[nH]c(-c4c(F)cccc4Cl)nc3-c3ccc(F)cc3)nc21)C(C)(C)C. The Morgan fingerprint density at radius 3 is 2.24 bits per heavy atom. The number of anilines is 1. The van der Waals surface area contributed by atoms with Gasteiger partial charge in [0.2, 0.25) is 5.95 Å². The van der Waals surface area contributed by atoms with E-state index in [1.54, 1.807) is 24.3 Å². The molecule has 5 rings (SSSR count). The van der Waals surface area contributed by atoms with Crippen molar-refractivity contribution in [1.29, 1.82) is 0 Å². The first-order valence-corrected chi connectivity index (χ1v) is 14.6. The van der Waals surface area contributed by atoms with Crippen molar-refractivity contribution in [3.8, 4) is 34.0 Å². The number of imidazole rings is 2. The normalized spacial score (nSPS) is 12.7. The van der Waals surface area contributed by atoms with Gasteiger partial charge in [0.25, 0.3) is 10.1 Å². The summed E-state index contributed by atoms with van der Waals surface area (Å²) in [6, 6.07) is 14.0. The molecule has 0 unspecified atom stereocenters. The summed E-state index contributed by atoms with van der Waals surface area (Å²) >= 11 is 6.33. The molecule has 1 atom stereocenters. The molecule has 2 aromatic carbocycles. The maximum Gasteiger partial charge on any atom is 0.261 e. The minimum atomic E-state index is -3.67. The van der Waals surface area contributed by atoms with Gasteiger partial charge < -0.3 is 10.7 Å². The van der Waals surface area contributed by atoms with E-state index in [1.807, 2.05) is 10.6 Å². The van der Waals surface area contributed by atoms with Gasteiger partial charge in [-0.05, 0) is 60.9 Å². The molecule has 216 valence electrons. The van der Waals surface area contributed by atoms with E-state index in [1.165, 1.54) is 24.3 Å². The van der Waals surface area contributed by atoms with E-state index in [0.29, 0.717) is 46.0 Å².